The number of benzene rings is 1. The Hall–Kier alpha value is -1.12. The number of rotatable bonds is 6. The molecule has 110 valence electrons. The molecule has 0 unspecified atom stereocenters. The lowest BCUT2D eigenvalue weighted by atomic mass is 10.1. The Morgan fingerprint density at radius 1 is 1.05 bits per heavy atom. The molecule has 1 fully saturated rings. The highest BCUT2D eigenvalue weighted by Gasteiger charge is 2.21. The molecule has 1 saturated heterocycles. The Morgan fingerprint density at radius 3 is 2.35 bits per heavy atom. The standard InChI is InChI=1S/C18H26O2/c1-3-5-6-8-16-13-19-18(20-14-16)17-11-9-15(7-4-2)10-12-17/h6,8-12,16,18H,3-5,7,13-14H2,1-2H3/b8-6+/t16-,18-. The van der Waals surface area contributed by atoms with Crippen LogP contribution >= 0.6 is 0 Å². The van der Waals surface area contributed by atoms with E-state index in [4.69, 9.17) is 9.47 Å². The summed E-state index contributed by atoms with van der Waals surface area (Å²) in [5.74, 6) is 0.400. The summed E-state index contributed by atoms with van der Waals surface area (Å²) in [6.45, 7) is 5.90. The number of hydrogen-bond acceptors (Lipinski definition) is 2. The van der Waals surface area contributed by atoms with Crippen LogP contribution in [0.4, 0.5) is 0 Å². The summed E-state index contributed by atoms with van der Waals surface area (Å²) in [5.41, 5.74) is 2.51. The molecular weight excluding hydrogens is 248 g/mol. The topological polar surface area (TPSA) is 18.5 Å². The van der Waals surface area contributed by atoms with Gasteiger partial charge in [-0.3, -0.25) is 0 Å². The van der Waals surface area contributed by atoms with Crippen LogP contribution in [0.3, 0.4) is 0 Å². The van der Waals surface area contributed by atoms with Crippen molar-refractivity contribution in [3.63, 3.8) is 0 Å². The van der Waals surface area contributed by atoms with Gasteiger partial charge in [0.1, 0.15) is 0 Å². The summed E-state index contributed by atoms with van der Waals surface area (Å²) in [4.78, 5) is 0. The van der Waals surface area contributed by atoms with Gasteiger partial charge in [-0.05, 0) is 18.4 Å². The lowest BCUT2D eigenvalue weighted by Crippen LogP contribution is -2.25. The van der Waals surface area contributed by atoms with Crippen LogP contribution in [0.25, 0.3) is 0 Å². The van der Waals surface area contributed by atoms with Crippen molar-refractivity contribution in [1.82, 2.24) is 0 Å². The third-order valence-electron chi connectivity index (χ3n) is 3.58. The van der Waals surface area contributed by atoms with Gasteiger partial charge in [0, 0.05) is 11.5 Å². The van der Waals surface area contributed by atoms with Crippen LogP contribution in [0.2, 0.25) is 0 Å². The van der Waals surface area contributed by atoms with Gasteiger partial charge in [-0.25, -0.2) is 0 Å². The monoisotopic (exact) mass is 274 g/mol. The van der Waals surface area contributed by atoms with Gasteiger partial charge in [-0.15, -0.1) is 0 Å². The van der Waals surface area contributed by atoms with E-state index < -0.39 is 0 Å². The fraction of sp³-hybridized carbons (Fsp3) is 0.556. The van der Waals surface area contributed by atoms with Gasteiger partial charge in [0.15, 0.2) is 6.29 Å². The molecule has 0 saturated carbocycles. The molecule has 2 heteroatoms. The lowest BCUT2D eigenvalue weighted by molar-refractivity contribution is -0.197. The molecule has 2 nitrogen and oxygen atoms in total. The summed E-state index contributed by atoms with van der Waals surface area (Å²) in [5, 5.41) is 0. The van der Waals surface area contributed by atoms with Gasteiger partial charge >= 0.3 is 0 Å². The molecule has 0 spiro atoms. The molecule has 0 aromatic heterocycles. The average Bonchev–Trinajstić information content (AvgIpc) is 2.49. The van der Waals surface area contributed by atoms with Crippen LogP contribution < -0.4 is 0 Å². The van der Waals surface area contributed by atoms with Crippen molar-refractivity contribution in [2.45, 2.75) is 45.8 Å². The van der Waals surface area contributed by atoms with Crippen molar-refractivity contribution in [2.75, 3.05) is 13.2 Å². The highest BCUT2D eigenvalue weighted by molar-refractivity contribution is 5.23. The molecule has 1 aliphatic heterocycles. The summed E-state index contributed by atoms with van der Waals surface area (Å²) in [7, 11) is 0. The molecule has 0 aliphatic carbocycles. The highest BCUT2D eigenvalue weighted by Crippen LogP contribution is 2.26. The number of allylic oxidation sites excluding steroid dienone is 1. The minimum Gasteiger partial charge on any atom is -0.348 e. The van der Waals surface area contributed by atoms with Crippen LogP contribution in [0, 0.1) is 5.92 Å². The molecule has 2 rings (SSSR count). The molecule has 20 heavy (non-hydrogen) atoms. The number of aryl methyl sites for hydroxylation is 1. The van der Waals surface area contributed by atoms with E-state index in [1.807, 2.05) is 0 Å². The molecule has 0 bridgehead atoms. The van der Waals surface area contributed by atoms with Crippen LogP contribution in [-0.2, 0) is 15.9 Å². The smallest absolute Gasteiger partial charge is 0.183 e. The van der Waals surface area contributed by atoms with Gasteiger partial charge in [0.25, 0.3) is 0 Å². The number of unbranched alkanes of at least 4 members (excludes halogenated alkanes) is 1. The second-order valence-electron chi connectivity index (χ2n) is 5.47. The zero-order valence-electron chi connectivity index (χ0n) is 12.7. The van der Waals surface area contributed by atoms with E-state index >= 15 is 0 Å². The van der Waals surface area contributed by atoms with Gasteiger partial charge in [0.2, 0.25) is 0 Å². The van der Waals surface area contributed by atoms with Crippen molar-refractivity contribution in [1.29, 1.82) is 0 Å². The maximum Gasteiger partial charge on any atom is 0.183 e. The normalized spacial score (nSPS) is 23.3. The first kappa shape index (κ1) is 15.3. The van der Waals surface area contributed by atoms with E-state index in [9.17, 15) is 0 Å². The van der Waals surface area contributed by atoms with E-state index in [-0.39, 0.29) is 6.29 Å². The van der Waals surface area contributed by atoms with Gasteiger partial charge in [-0.2, -0.15) is 0 Å². The summed E-state index contributed by atoms with van der Waals surface area (Å²) in [6, 6.07) is 8.61. The van der Waals surface area contributed by atoms with Crippen molar-refractivity contribution < 1.29 is 9.47 Å². The van der Waals surface area contributed by atoms with Gasteiger partial charge in [-0.1, -0.05) is 63.1 Å². The van der Waals surface area contributed by atoms with E-state index in [1.54, 1.807) is 0 Å². The zero-order valence-corrected chi connectivity index (χ0v) is 12.7. The second kappa shape index (κ2) is 8.23. The summed E-state index contributed by atoms with van der Waals surface area (Å²) >= 11 is 0. The zero-order chi connectivity index (χ0) is 14.2. The predicted octanol–water partition coefficient (Wildman–Crippen LogP) is 4.66. The minimum absolute atomic E-state index is 0.193. The molecule has 0 amide bonds. The van der Waals surface area contributed by atoms with Crippen LogP contribution in [-0.4, -0.2) is 13.2 Å². The molecule has 1 heterocycles. The highest BCUT2D eigenvalue weighted by atomic mass is 16.7. The number of ether oxygens (including phenoxy) is 2. The average molecular weight is 274 g/mol. The quantitative estimate of drug-likeness (QED) is 0.703. The minimum atomic E-state index is -0.193. The summed E-state index contributed by atoms with van der Waals surface area (Å²) < 4.78 is 11.7. The SMILES string of the molecule is CCC/C=C/[C@H]1CO[C@H](c2ccc(CCC)cc2)OC1. The van der Waals surface area contributed by atoms with Crippen LogP contribution in [0.15, 0.2) is 36.4 Å². The first-order valence-electron chi connectivity index (χ1n) is 7.82. The molecular formula is C18H26O2. The predicted molar refractivity (Wildman–Crippen MR) is 82.6 cm³/mol. The fourth-order valence-corrected chi connectivity index (χ4v) is 2.41. The van der Waals surface area contributed by atoms with Crippen molar-refractivity contribution >= 4 is 0 Å². The largest absolute Gasteiger partial charge is 0.348 e. The van der Waals surface area contributed by atoms with Gasteiger partial charge < -0.3 is 9.47 Å². The molecule has 0 N–H and O–H groups in total. The Labute approximate surface area is 122 Å². The van der Waals surface area contributed by atoms with Crippen molar-refractivity contribution in [3.8, 4) is 0 Å². The van der Waals surface area contributed by atoms with E-state index in [2.05, 4.69) is 50.3 Å². The van der Waals surface area contributed by atoms with Crippen LogP contribution in [0.1, 0.15) is 50.5 Å². The molecule has 1 aromatic rings. The van der Waals surface area contributed by atoms with Crippen molar-refractivity contribution in [2.24, 2.45) is 5.92 Å². The maximum absolute atomic E-state index is 5.83. The molecule has 1 aromatic carbocycles. The van der Waals surface area contributed by atoms with Crippen molar-refractivity contribution in [3.05, 3.63) is 47.5 Å². The van der Waals surface area contributed by atoms with Gasteiger partial charge in [0.05, 0.1) is 13.2 Å². The summed E-state index contributed by atoms with van der Waals surface area (Å²) in [6.07, 6.45) is 8.91. The fourth-order valence-electron chi connectivity index (χ4n) is 2.41. The Bertz CT molecular complexity index is 400. The molecule has 1 aliphatic rings. The van der Waals surface area contributed by atoms with E-state index in [0.29, 0.717) is 5.92 Å². The first-order valence-corrected chi connectivity index (χ1v) is 7.82. The molecule has 0 atom stereocenters. The second-order valence-corrected chi connectivity index (χ2v) is 5.47. The van der Waals surface area contributed by atoms with Crippen LogP contribution in [0.5, 0.6) is 0 Å². The van der Waals surface area contributed by atoms with E-state index in [1.165, 1.54) is 18.4 Å². The maximum atomic E-state index is 5.83. The Morgan fingerprint density at radius 2 is 1.75 bits per heavy atom. The Kier molecular flexibility index (Phi) is 6.28. The van der Waals surface area contributed by atoms with E-state index in [0.717, 1.165) is 31.6 Å². The Balaban J connectivity index is 1.83. The third-order valence-corrected chi connectivity index (χ3v) is 3.58. The number of hydrogen-bond donors (Lipinski definition) is 0. The molecule has 0 radical (unpaired) electrons. The first-order chi connectivity index (χ1) is 9.83. The lowest BCUT2D eigenvalue weighted by Gasteiger charge is -2.28. The third kappa shape index (κ3) is 4.46.